The number of allylic oxidation sites excluding steroid dienone is 1. The highest BCUT2D eigenvalue weighted by Gasteiger charge is 2.23. The second kappa shape index (κ2) is 9.45. The molecule has 0 atom stereocenters. The summed E-state index contributed by atoms with van der Waals surface area (Å²) >= 11 is 0. The predicted octanol–water partition coefficient (Wildman–Crippen LogP) is 6.52. The van der Waals surface area contributed by atoms with E-state index in [9.17, 15) is 9.90 Å². The van der Waals surface area contributed by atoms with Crippen LogP contribution in [0.15, 0.2) is 78.9 Å². The summed E-state index contributed by atoms with van der Waals surface area (Å²) < 4.78 is 5.46. The number of aryl methyl sites for hydroxylation is 1. The number of phenolic OH excluding ortho intramolecular Hbond substituents is 1. The molecule has 0 fully saturated rings. The molecule has 0 aromatic heterocycles. The van der Waals surface area contributed by atoms with Crippen molar-refractivity contribution in [3.8, 4) is 11.5 Å². The minimum Gasteiger partial charge on any atom is -0.508 e. The summed E-state index contributed by atoms with van der Waals surface area (Å²) in [5, 5.41) is 9.49. The van der Waals surface area contributed by atoms with E-state index in [2.05, 4.69) is 18.2 Å². The number of aromatic hydroxyl groups is 1. The first-order valence-electron chi connectivity index (χ1n) is 10.2. The summed E-state index contributed by atoms with van der Waals surface area (Å²) in [5.41, 5.74) is 4.10. The number of benzene rings is 3. The SMILES string of the molecule is CC(C)(C)C(=O)Oc1ccc(C=C(CCc2ccc(O)cc2)c2ccccc2)cc1. The fourth-order valence-electron chi connectivity index (χ4n) is 2.99. The Hall–Kier alpha value is -3.33. The topological polar surface area (TPSA) is 46.5 Å². The van der Waals surface area contributed by atoms with Gasteiger partial charge in [-0.2, -0.15) is 0 Å². The fourth-order valence-corrected chi connectivity index (χ4v) is 2.99. The molecule has 3 aromatic carbocycles. The normalized spacial score (nSPS) is 11.9. The number of hydrogen-bond donors (Lipinski definition) is 1. The lowest BCUT2D eigenvalue weighted by atomic mass is 9.96. The molecule has 0 spiro atoms. The Labute approximate surface area is 178 Å². The van der Waals surface area contributed by atoms with Gasteiger partial charge in [0.1, 0.15) is 11.5 Å². The van der Waals surface area contributed by atoms with Gasteiger partial charge in [-0.05, 0) is 80.1 Å². The van der Waals surface area contributed by atoms with E-state index in [4.69, 9.17) is 4.74 Å². The zero-order valence-electron chi connectivity index (χ0n) is 17.8. The maximum atomic E-state index is 12.1. The lowest BCUT2D eigenvalue weighted by Gasteiger charge is -2.16. The van der Waals surface area contributed by atoms with Crippen LogP contribution in [-0.4, -0.2) is 11.1 Å². The molecule has 154 valence electrons. The van der Waals surface area contributed by atoms with E-state index in [-0.39, 0.29) is 11.7 Å². The van der Waals surface area contributed by atoms with Crippen LogP contribution in [-0.2, 0) is 11.2 Å². The Kier molecular flexibility index (Phi) is 6.73. The number of hydrogen-bond acceptors (Lipinski definition) is 3. The Morgan fingerprint density at radius 3 is 2.13 bits per heavy atom. The minimum absolute atomic E-state index is 0.246. The summed E-state index contributed by atoms with van der Waals surface area (Å²) in [6.45, 7) is 5.52. The zero-order valence-corrected chi connectivity index (χ0v) is 17.8. The number of phenols is 1. The van der Waals surface area contributed by atoms with Gasteiger partial charge in [-0.3, -0.25) is 4.79 Å². The van der Waals surface area contributed by atoms with Crippen molar-refractivity contribution in [2.75, 3.05) is 0 Å². The smallest absolute Gasteiger partial charge is 0.316 e. The second-order valence-corrected chi connectivity index (χ2v) is 8.41. The molecule has 3 nitrogen and oxygen atoms in total. The van der Waals surface area contributed by atoms with Gasteiger partial charge in [0.15, 0.2) is 0 Å². The first-order valence-corrected chi connectivity index (χ1v) is 10.2. The monoisotopic (exact) mass is 400 g/mol. The van der Waals surface area contributed by atoms with Crippen LogP contribution in [0, 0.1) is 5.41 Å². The highest BCUT2D eigenvalue weighted by molar-refractivity contribution is 5.82. The molecule has 3 rings (SSSR count). The molecule has 1 N–H and O–H groups in total. The summed E-state index contributed by atoms with van der Waals surface area (Å²) in [5.74, 6) is 0.590. The maximum absolute atomic E-state index is 12.1. The van der Waals surface area contributed by atoms with Crippen LogP contribution in [0.3, 0.4) is 0 Å². The third-order valence-corrected chi connectivity index (χ3v) is 4.81. The lowest BCUT2D eigenvalue weighted by molar-refractivity contribution is -0.142. The first kappa shape index (κ1) is 21.4. The van der Waals surface area contributed by atoms with Crippen LogP contribution in [0.4, 0.5) is 0 Å². The third kappa shape index (κ3) is 6.08. The molecule has 0 bridgehead atoms. The Bertz CT molecular complexity index is 993. The van der Waals surface area contributed by atoms with Crippen molar-refractivity contribution in [1.29, 1.82) is 0 Å². The Morgan fingerprint density at radius 1 is 0.900 bits per heavy atom. The second-order valence-electron chi connectivity index (χ2n) is 8.41. The highest BCUT2D eigenvalue weighted by atomic mass is 16.5. The van der Waals surface area contributed by atoms with Crippen molar-refractivity contribution in [3.05, 3.63) is 95.6 Å². The average molecular weight is 401 g/mol. The number of ether oxygens (including phenoxy) is 1. The van der Waals surface area contributed by atoms with Gasteiger partial charge in [0.2, 0.25) is 0 Å². The molecule has 30 heavy (non-hydrogen) atoms. The molecular formula is C27H28O3. The van der Waals surface area contributed by atoms with Gasteiger partial charge in [-0.15, -0.1) is 0 Å². The third-order valence-electron chi connectivity index (χ3n) is 4.81. The van der Waals surface area contributed by atoms with Crippen LogP contribution in [0.2, 0.25) is 0 Å². The molecule has 3 aromatic rings. The molecule has 0 amide bonds. The number of carbonyl (C=O) groups excluding carboxylic acids is 1. The van der Waals surface area contributed by atoms with Gasteiger partial charge in [0.05, 0.1) is 5.41 Å². The predicted molar refractivity (Wildman–Crippen MR) is 122 cm³/mol. The van der Waals surface area contributed by atoms with Crippen LogP contribution in [0.1, 0.15) is 43.9 Å². The molecule has 0 saturated carbocycles. The van der Waals surface area contributed by atoms with E-state index in [0.717, 1.165) is 18.4 Å². The van der Waals surface area contributed by atoms with E-state index in [1.54, 1.807) is 12.1 Å². The summed E-state index contributed by atoms with van der Waals surface area (Å²) in [7, 11) is 0. The molecule has 0 radical (unpaired) electrons. The van der Waals surface area contributed by atoms with Crippen LogP contribution in [0.5, 0.6) is 11.5 Å². The van der Waals surface area contributed by atoms with E-state index in [1.165, 1.54) is 16.7 Å². The van der Waals surface area contributed by atoms with Crippen LogP contribution >= 0.6 is 0 Å². The maximum Gasteiger partial charge on any atom is 0.316 e. The Morgan fingerprint density at radius 2 is 1.53 bits per heavy atom. The fraction of sp³-hybridized carbons (Fsp3) is 0.222. The minimum atomic E-state index is -0.534. The molecule has 0 heterocycles. The first-order chi connectivity index (χ1) is 14.3. The van der Waals surface area contributed by atoms with Gasteiger partial charge in [0, 0.05) is 0 Å². The average Bonchev–Trinajstić information content (AvgIpc) is 2.73. The Balaban J connectivity index is 1.79. The molecule has 0 unspecified atom stereocenters. The van der Waals surface area contributed by atoms with E-state index in [0.29, 0.717) is 5.75 Å². The van der Waals surface area contributed by atoms with Crippen molar-refractivity contribution in [3.63, 3.8) is 0 Å². The van der Waals surface area contributed by atoms with Gasteiger partial charge in [-0.25, -0.2) is 0 Å². The molecular weight excluding hydrogens is 372 g/mol. The zero-order chi connectivity index (χ0) is 21.6. The molecule has 3 heteroatoms. The van der Waals surface area contributed by atoms with E-state index >= 15 is 0 Å². The van der Waals surface area contributed by atoms with Gasteiger partial charge >= 0.3 is 5.97 Å². The standard InChI is InChI=1S/C27H28O3/c1-27(2,3)26(29)30-25-17-12-21(13-18-25)19-23(22-7-5-4-6-8-22)14-9-20-10-15-24(28)16-11-20/h4-8,10-13,15-19,28H,9,14H2,1-3H3. The largest absolute Gasteiger partial charge is 0.508 e. The summed E-state index contributed by atoms with van der Waals surface area (Å²) in [6.07, 6.45) is 3.92. The highest BCUT2D eigenvalue weighted by Crippen LogP contribution is 2.26. The van der Waals surface area contributed by atoms with Gasteiger partial charge in [-0.1, -0.05) is 60.7 Å². The molecule has 0 aliphatic carbocycles. The van der Waals surface area contributed by atoms with E-state index in [1.807, 2.05) is 75.4 Å². The van der Waals surface area contributed by atoms with Crippen LogP contribution in [0.25, 0.3) is 11.6 Å². The van der Waals surface area contributed by atoms with Crippen molar-refractivity contribution < 1.29 is 14.6 Å². The lowest BCUT2D eigenvalue weighted by Crippen LogP contribution is -2.25. The van der Waals surface area contributed by atoms with Crippen molar-refractivity contribution in [2.24, 2.45) is 5.41 Å². The quantitative estimate of drug-likeness (QED) is 0.291. The van der Waals surface area contributed by atoms with Crippen molar-refractivity contribution >= 4 is 17.6 Å². The molecule has 0 aliphatic heterocycles. The number of esters is 1. The van der Waals surface area contributed by atoms with Gasteiger partial charge in [0.25, 0.3) is 0 Å². The van der Waals surface area contributed by atoms with Gasteiger partial charge < -0.3 is 9.84 Å². The summed E-state index contributed by atoms with van der Waals surface area (Å²) in [6, 6.07) is 25.3. The summed E-state index contributed by atoms with van der Waals surface area (Å²) in [4.78, 5) is 12.1. The van der Waals surface area contributed by atoms with E-state index < -0.39 is 5.41 Å². The van der Waals surface area contributed by atoms with Crippen molar-refractivity contribution in [2.45, 2.75) is 33.6 Å². The molecule has 0 aliphatic rings. The van der Waals surface area contributed by atoms with Crippen molar-refractivity contribution in [1.82, 2.24) is 0 Å². The van der Waals surface area contributed by atoms with Crippen LogP contribution < -0.4 is 4.74 Å². The number of carbonyl (C=O) groups is 1. The molecule has 0 saturated heterocycles. The number of rotatable bonds is 6.